The Kier molecular flexibility index (Phi) is 3.74. The highest BCUT2D eigenvalue weighted by atomic mass is 16.5. The van der Waals surface area contributed by atoms with Crippen LogP contribution in [0.4, 0.5) is 5.82 Å². The lowest BCUT2D eigenvalue weighted by Gasteiger charge is -2.18. The van der Waals surface area contributed by atoms with Crippen molar-refractivity contribution in [2.24, 2.45) is 5.92 Å². The molecule has 0 spiro atoms. The number of hydrogen-bond acceptors (Lipinski definition) is 4. The first-order chi connectivity index (χ1) is 9.78. The molecule has 2 atom stereocenters. The summed E-state index contributed by atoms with van der Waals surface area (Å²) in [6, 6.07) is 7.32. The van der Waals surface area contributed by atoms with Gasteiger partial charge in [0.25, 0.3) is 0 Å². The van der Waals surface area contributed by atoms with Crippen LogP contribution in [0.25, 0.3) is 10.8 Å². The molecule has 2 N–H and O–H groups in total. The van der Waals surface area contributed by atoms with E-state index in [1.54, 1.807) is 18.3 Å². The van der Waals surface area contributed by atoms with Gasteiger partial charge in [-0.1, -0.05) is 13.0 Å². The van der Waals surface area contributed by atoms with Crippen molar-refractivity contribution >= 4 is 16.6 Å². The number of aromatic nitrogens is 1. The average Bonchev–Trinajstić information content (AvgIpc) is 2.92. The number of rotatable bonds is 4. The molecule has 0 amide bonds. The fraction of sp³-hybridized carbons (Fsp3) is 0.438. The van der Waals surface area contributed by atoms with Crippen LogP contribution < -0.4 is 5.32 Å². The lowest BCUT2D eigenvalue weighted by atomic mass is 9.99. The molecule has 2 aromatic rings. The predicted octanol–water partition coefficient (Wildman–Crippen LogP) is 3.17. The lowest BCUT2D eigenvalue weighted by molar-refractivity contribution is 0.0900. The highest BCUT2D eigenvalue weighted by Gasteiger charge is 2.26. The van der Waals surface area contributed by atoms with Crippen LogP contribution in [0.2, 0.25) is 0 Å². The minimum absolute atomic E-state index is 0.268. The van der Waals surface area contributed by atoms with Crippen molar-refractivity contribution in [2.75, 3.05) is 18.5 Å². The van der Waals surface area contributed by atoms with Gasteiger partial charge in [0.15, 0.2) is 0 Å². The molecule has 1 aromatic carbocycles. The van der Waals surface area contributed by atoms with Gasteiger partial charge in [-0.2, -0.15) is 0 Å². The molecule has 4 heteroatoms. The fourth-order valence-electron chi connectivity index (χ4n) is 2.90. The molecular weight excluding hydrogens is 252 g/mol. The molecule has 4 nitrogen and oxygen atoms in total. The minimum atomic E-state index is 0.268. The molecule has 2 unspecified atom stereocenters. The second kappa shape index (κ2) is 5.67. The van der Waals surface area contributed by atoms with Crippen LogP contribution in [0.3, 0.4) is 0 Å². The van der Waals surface area contributed by atoms with E-state index < -0.39 is 0 Å². The van der Waals surface area contributed by atoms with Crippen LogP contribution >= 0.6 is 0 Å². The van der Waals surface area contributed by atoms with E-state index in [0.29, 0.717) is 12.0 Å². The lowest BCUT2D eigenvalue weighted by Crippen LogP contribution is -2.23. The quantitative estimate of drug-likeness (QED) is 0.897. The highest BCUT2D eigenvalue weighted by molar-refractivity contribution is 5.92. The SMILES string of the molecule is CCC1OCCC1CNc1nccc2ccc(O)cc12. The van der Waals surface area contributed by atoms with E-state index in [1.165, 1.54) is 0 Å². The van der Waals surface area contributed by atoms with Crippen molar-refractivity contribution in [3.8, 4) is 5.75 Å². The summed E-state index contributed by atoms with van der Waals surface area (Å²) < 4.78 is 5.71. The van der Waals surface area contributed by atoms with Gasteiger partial charge in [0, 0.05) is 30.7 Å². The van der Waals surface area contributed by atoms with E-state index in [0.717, 1.165) is 42.6 Å². The molecule has 1 fully saturated rings. The summed E-state index contributed by atoms with van der Waals surface area (Å²) >= 11 is 0. The van der Waals surface area contributed by atoms with Gasteiger partial charge in [0.2, 0.25) is 0 Å². The van der Waals surface area contributed by atoms with E-state index in [1.807, 2.05) is 12.1 Å². The smallest absolute Gasteiger partial charge is 0.133 e. The Morgan fingerprint density at radius 2 is 2.30 bits per heavy atom. The number of hydrogen-bond donors (Lipinski definition) is 2. The minimum Gasteiger partial charge on any atom is -0.508 e. The average molecular weight is 272 g/mol. The first-order valence-electron chi connectivity index (χ1n) is 7.21. The van der Waals surface area contributed by atoms with Crippen molar-refractivity contribution in [2.45, 2.75) is 25.9 Å². The molecule has 2 heterocycles. The van der Waals surface area contributed by atoms with E-state index in [9.17, 15) is 5.11 Å². The third kappa shape index (κ3) is 2.56. The number of fused-ring (bicyclic) bond motifs is 1. The van der Waals surface area contributed by atoms with Gasteiger partial charge >= 0.3 is 0 Å². The van der Waals surface area contributed by atoms with E-state index in [2.05, 4.69) is 17.2 Å². The first-order valence-corrected chi connectivity index (χ1v) is 7.21. The predicted molar refractivity (Wildman–Crippen MR) is 80.0 cm³/mol. The zero-order chi connectivity index (χ0) is 13.9. The van der Waals surface area contributed by atoms with E-state index >= 15 is 0 Å². The molecule has 1 aromatic heterocycles. The summed E-state index contributed by atoms with van der Waals surface area (Å²) in [6.45, 7) is 3.88. The Bertz CT molecular complexity index is 600. The number of pyridine rings is 1. The fourth-order valence-corrected chi connectivity index (χ4v) is 2.90. The summed E-state index contributed by atoms with van der Waals surface area (Å²) in [6.07, 6.45) is 4.30. The van der Waals surface area contributed by atoms with Crippen molar-refractivity contribution in [3.63, 3.8) is 0 Å². The van der Waals surface area contributed by atoms with Crippen LogP contribution in [0.1, 0.15) is 19.8 Å². The Labute approximate surface area is 118 Å². The van der Waals surface area contributed by atoms with Gasteiger partial charge in [-0.05, 0) is 36.4 Å². The number of nitrogens with zero attached hydrogens (tertiary/aromatic N) is 1. The Morgan fingerprint density at radius 1 is 1.40 bits per heavy atom. The molecule has 1 aliphatic heterocycles. The van der Waals surface area contributed by atoms with Crippen molar-refractivity contribution in [1.82, 2.24) is 4.98 Å². The summed E-state index contributed by atoms with van der Waals surface area (Å²) in [4.78, 5) is 4.40. The van der Waals surface area contributed by atoms with Gasteiger partial charge in [0.1, 0.15) is 11.6 Å². The molecule has 3 rings (SSSR count). The van der Waals surface area contributed by atoms with Gasteiger partial charge in [-0.15, -0.1) is 0 Å². The zero-order valence-corrected chi connectivity index (χ0v) is 11.7. The van der Waals surface area contributed by atoms with Crippen LogP contribution in [0, 0.1) is 5.92 Å². The number of anilines is 1. The molecule has 20 heavy (non-hydrogen) atoms. The summed E-state index contributed by atoms with van der Waals surface area (Å²) in [5.74, 6) is 1.64. The largest absolute Gasteiger partial charge is 0.508 e. The topological polar surface area (TPSA) is 54.4 Å². The van der Waals surface area contributed by atoms with Gasteiger partial charge in [0.05, 0.1) is 6.10 Å². The summed E-state index contributed by atoms with van der Waals surface area (Å²) in [5.41, 5.74) is 0. The monoisotopic (exact) mass is 272 g/mol. The molecule has 1 aliphatic rings. The number of phenolic OH excluding ortho intramolecular Hbond substituents is 1. The molecule has 0 saturated carbocycles. The molecule has 106 valence electrons. The molecule has 0 radical (unpaired) electrons. The van der Waals surface area contributed by atoms with Crippen molar-refractivity contribution in [3.05, 3.63) is 30.5 Å². The zero-order valence-electron chi connectivity index (χ0n) is 11.7. The van der Waals surface area contributed by atoms with E-state index in [4.69, 9.17) is 4.74 Å². The van der Waals surface area contributed by atoms with Crippen LogP contribution in [0.5, 0.6) is 5.75 Å². The van der Waals surface area contributed by atoms with Gasteiger partial charge < -0.3 is 15.2 Å². The molecule has 1 saturated heterocycles. The molecule has 0 aliphatic carbocycles. The third-order valence-corrected chi connectivity index (χ3v) is 4.03. The van der Waals surface area contributed by atoms with Crippen LogP contribution in [-0.2, 0) is 4.74 Å². The van der Waals surface area contributed by atoms with Crippen molar-refractivity contribution in [1.29, 1.82) is 0 Å². The Hall–Kier alpha value is -1.81. The maximum Gasteiger partial charge on any atom is 0.133 e. The highest BCUT2D eigenvalue weighted by Crippen LogP contribution is 2.27. The van der Waals surface area contributed by atoms with Gasteiger partial charge in [-0.3, -0.25) is 0 Å². The van der Waals surface area contributed by atoms with Crippen LogP contribution in [-0.4, -0.2) is 29.3 Å². The maximum atomic E-state index is 9.64. The standard InChI is InChI=1S/C16H20N2O2/c1-2-15-12(6-8-20-15)10-18-16-14-9-13(19)4-3-11(14)5-7-17-16/h3-5,7,9,12,15,19H,2,6,8,10H2,1H3,(H,17,18). The van der Waals surface area contributed by atoms with Crippen molar-refractivity contribution < 1.29 is 9.84 Å². The van der Waals surface area contributed by atoms with E-state index in [-0.39, 0.29) is 5.75 Å². The number of nitrogens with one attached hydrogen (secondary N) is 1. The third-order valence-electron chi connectivity index (χ3n) is 4.03. The van der Waals surface area contributed by atoms with Gasteiger partial charge in [-0.25, -0.2) is 4.98 Å². The number of phenols is 1. The second-order valence-electron chi connectivity index (χ2n) is 5.31. The molecule has 0 bridgehead atoms. The van der Waals surface area contributed by atoms with Crippen LogP contribution in [0.15, 0.2) is 30.5 Å². The normalized spacial score (nSPS) is 22.2. The summed E-state index contributed by atoms with van der Waals surface area (Å²) in [7, 11) is 0. The Balaban J connectivity index is 1.79. The Morgan fingerprint density at radius 3 is 3.15 bits per heavy atom. The number of benzene rings is 1. The summed E-state index contributed by atoms with van der Waals surface area (Å²) in [5, 5.41) is 15.1. The maximum absolute atomic E-state index is 9.64. The first kappa shape index (κ1) is 13.2. The second-order valence-corrected chi connectivity index (χ2v) is 5.31. The molecular formula is C16H20N2O2. The number of aromatic hydroxyl groups is 1. The number of ether oxygens (including phenoxy) is 1.